The van der Waals surface area contributed by atoms with Gasteiger partial charge in [-0.1, -0.05) is 212 Å². The van der Waals surface area contributed by atoms with Gasteiger partial charge in [-0.25, -0.2) is 15.0 Å². The molecule has 0 atom stereocenters. The van der Waals surface area contributed by atoms with Crippen LogP contribution >= 0.6 is 11.3 Å². The molecule has 3 nitrogen and oxygen atoms in total. The highest BCUT2D eigenvalue weighted by Gasteiger charge is 2.46. The van der Waals surface area contributed by atoms with Gasteiger partial charge in [-0.2, -0.15) is 0 Å². The van der Waals surface area contributed by atoms with Gasteiger partial charge in [-0.15, -0.1) is 11.3 Å². The number of fused-ring (bicyclic) bond motifs is 6. The summed E-state index contributed by atoms with van der Waals surface area (Å²) in [7, 11) is 0. The maximum Gasteiger partial charge on any atom is 0.164 e. The number of benzene rings is 10. The van der Waals surface area contributed by atoms with Crippen LogP contribution in [0.3, 0.4) is 0 Å². The molecule has 0 aliphatic heterocycles. The van der Waals surface area contributed by atoms with E-state index in [4.69, 9.17) is 15.0 Å². The average Bonchev–Trinajstić information content (AvgIpc) is 3.94. The molecule has 12 aromatic rings. The molecule has 0 spiro atoms. The van der Waals surface area contributed by atoms with E-state index in [2.05, 4.69) is 188 Å². The lowest BCUT2D eigenvalue weighted by molar-refractivity contribution is 0.769. The summed E-state index contributed by atoms with van der Waals surface area (Å²) in [5.74, 6) is 1.93. The summed E-state index contributed by atoms with van der Waals surface area (Å²) in [5.41, 5.74) is 16.9. The van der Waals surface area contributed by atoms with Crippen molar-refractivity contribution >= 4 is 31.5 Å². The molecular weight excluding hydrogens is 843 g/mol. The maximum atomic E-state index is 5.04. The van der Waals surface area contributed by atoms with Gasteiger partial charge in [0.25, 0.3) is 0 Å². The molecule has 0 N–H and O–H groups in total. The molecule has 68 heavy (non-hydrogen) atoms. The fraction of sp³-hybridized carbons (Fsp3) is 0.0156. The number of nitrogens with zero attached hydrogens (tertiary/aromatic N) is 3. The Hall–Kier alpha value is -8.57. The van der Waals surface area contributed by atoms with Crippen molar-refractivity contribution in [1.29, 1.82) is 0 Å². The molecule has 1 aliphatic rings. The minimum Gasteiger partial charge on any atom is -0.208 e. The molecular formula is C64H41N3S. The summed E-state index contributed by atoms with van der Waals surface area (Å²) in [5, 5.41) is 2.59. The number of hydrogen-bond acceptors (Lipinski definition) is 4. The van der Waals surface area contributed by atoms with Gasteiger partial charge in [-0.05, 0) is 103 Å². The van der Waals surface area contributed by atoms with Crippen LogP contribution in [-0.2, 0) is 5.41 Å². The summed E-state index contributed by atoms with van der Waals surface area (Å²) in [6.07, 6.45) is 0. The Bertz CT molecular complexity index is 3730. The largest absolute Gasteiger partial charge is 0.208 e. The molecule has 1 aliphatic carbocycles. The molecule has 10 aromatic carbocycles. The predicted octanol–water partition coefficient (Wildman–Crippen LogP) is 16.6. The maximum absolute atomic E-state index is 5.04. The van der Waals surface area contributed by atoms with Gasteiger partial charge in [0, 0.05) is 36.9 Å². The number of rotatable bonds is 8. The minimum atomic E-state index is -0.522. The third-order valence-corrected chi connectivity index (χ3v) is 14.8. The highest BCUT2D eigenvalue weighted by molar-refractivity contribution is 7.25. The predicted molar refractivity (Wildman–Crippen MR) is 283 cm³/mol. The standard InChI is InChI=1S/C64H41N3S/c1-5-18-44(19-6-1)61-65-62(45-20-7-2-8-21-45)67-63(66-61)48-23-17-22-46(38-48)42-32-34-43(35-33-42)54-41-58-55(40-53(54)47-36-37-60-56(39-47)52-29-14-16-31-59(52)68-60)51-28-13-15-30-57(51)64(58,49-24-9-3-10-25-49)50-26-11-4-12-27-50/h1-41H. The fourth-order valence-corrected chi connectivity index (χ4v) is 11.6. The third-order valence-electron chi connectivity index (χ3n) is 13.6. The fourth-order valence-electron chi connectivity index (χ4n) is 10.5. The highest BCUT2D eigenvalue weighted by Crippen LogP contribution is 2.58. The molecule has 318 valence electrons. The molecule has 0 bridgehead atoms. The van der Waals surface area contributed by atoms with Gasteiger partial charge in [0.2, 0.25) is 0 Å². The molecule has 0 saturated carbocycles. The van der Waals surface area contributed by atoms with Crippen molar-refractivity contribution in [2.75, 3.05) is 0 Å². The molecule has 2 heterocycles. The van der Waals surface area contributed by atoms with Gasteiger partial charge >= 0.3 is 0 Å². The second-order valence-corrected chi connectivity index (χ2v) is 18.6. The van der Waals surface area contributed by atoms with Crippen LogP contribution in [0.4, 0.5) is 0 Å². The minimum absolute atomic E-state index is 0.522. The van der Waals surface area contributed by atoms with Gasteiger partial charge in [0.05, 0.1) is 5.41 Å². The Kier molecular flexibility index (Phi) is 9.59. The van der Waals surface area contributed by atoms with Crippen LogP contribution in [0.5, 0.6) is 0 Å². The van der Waals surface area contributed by atoms with E-state index >= 15 is 0 Å². The van der Waals surface area contributed by atoms with Crippen molar-refractivity contribution < 1.29 is 0 Å². The Balaban J connectivity index is 0.981. The van der Waals surface area contributed by atoms with E-state index in [9.17, 15) is 0 Å². The van der Waals surface area contributed by atoms with Crippen molar-refractivity contribution in [3.05, 3.63) is 271 Å². The second-order valence-electron chi connectivity index (χ2n) is 17.5. The number of hydrogen-bond donors (Lipinski definition) is 0. The first kappa shape index (κ1) is 39.8. The molecule has 4 heteroatoms. The summed E-state index contributed by atoms with van der Waals surface area (Å²) < 4.78 is 2.60. The van der Waals surface area contributed by atoms with Gasteiger partial charge in [0.1, 0.15) is 0 Å². The van der Waals surface area contributed by atoms with Crippen molar-refractivity contribution in [3.63, 3.8) is 0 Å². The second kappa shape index (κ2) is 16.4. The van der Waals surface area contributed by atoms with Crippen LogP contribution in [0.15, 0.2) is 249 Å². The van der Waals surface area contributed by atoms with E-state index in [-0.39, 0.29) is 0 Å². The molecule has 0 amide bonds. The Labute approximate surface area is 399 Å². The van der Waals surface area contributed by atoms with Crippen LogP contribution in [0.1, 0.15) is 22.3 Å². The van der Waals surface area contributed by atoms with Crippen LogP contribution in [0.2, 0.25) is 0 Å². The van der Waals surface area contributed by atoms with Gasteiger partial charge in [-0.3, -0.25) is 0 Å². The summed E-state index contributed by atoms with van der Waals surface area (Å²) in [6.45, 7) is 0. The quantitative estimate of drug-likeness (QED) is 0.153. The normalized spacial score (nSPS) is 12.5. The highest BCUT2D eigenvalue weighted by atomic mass is 32.1. The zero-order valence-electron chi connectivity index (χ0n) is 36.9. The van der Waals surface area contributed by atoms with E-state index in [1.54, 1.807) is 0 Å². The Morgan fingerprint density at radius 3 is 1.44 bits per heavy atom. The number of thiophene rings is 1. The Morgan fingerprint density at radius 2 is 0.765 bits per heavy atom. The third kappa shape index (κ3) is 6.60. The lowest BCUT2D eigenvalue weighted by Gasteiger charge is -2.34. The van der Waals surface area contributed by atoms with Crippen molar-refractivity contribution in [2.45, 2.75) is 5.41 Å². The Morgan fingerprint density at radius 1 is 0.265 bits per heavy atom. The van der Waals surface area contributed by atoms with Crippen molar-refractivity contribution in [2.24, 2.45) is 0 Å². The van der Waals surface area contributed by atoms with Crippen LogP contribution in [0.25, 0.3) is 98.8 Å². The van der Waals surface area contributed by atoms with Gasteiger partial charge in [0.15, 0.2) is 17.5 Å². The zero-order chi connectivity index (χ0) is 45.0. The monoisotopic (exact) mass is 883 g/mol. The van der Waals surface area contributed by atoms with Crippen molar-refractivity contribution in [3.8, 4) is 78.7 Å². The lowest BCUT2D eigenvalue weighted by Crippen LogP contribution is -2.28. The molecule has 0 fully saturated rings. The summed E-state index contributed by atoms with van der Waals surface area (Å²) >= 11 is 1.86. The first-order valence-corrected chi connectivity index (χ1v) is 23.9. The number of aromatic nitrogens is 3. The van der Waals surface area contributed by atoms with Gasteiger partial charge < -0.3 is 0 Å². The van der Waals surface area contributed by atoms with Crippen LogP contribution in [-0.4, -0.2) is 15.0 Å². The lowest BCUT2D eigenvalue weighted by atomic mass is 9.67. The SMILES string of the molecule is c1ccc(-c2nc(-c3ccccc3)nc(-c3cccc(-c4ccc(-c5cc6c(cc5-c5ccc7sc8ccccc8c7c5)-c5ccccc5C6(c5ccccc5)c5ccccc5)cc4)c3)n2)cc1. The van der Waals surface area contributed by atoms with Crippen LogP contribution in [0, 0.1) is 0 Å². The smallest absolute Gasteiger partial charge is 0.164 e. The van der Waals surface area contributed by atoms with E-state index in [1.807, 2.05) is 72.0 Å². The van der Waals surface area contributed by atoms with E-state index < -0.39 is 5.41 Å². The first-order chi connectivity index (χ1) is 33.7. The summed E-state index contributed by atoms with van der Waals surface area (Å²) in [4.78, 5) is 15.0. The van der Waals surface area contributed by atoms with Crippen molar-refractivity contribution in [1.82, 2.24) is 15.0 Å². The topological polar surface area (TPSA) is 38.7 Å². The molecule has 13 rings (SSSR count). The molecule has 2 aromatic heterocycles. The molecule has 0 saturated heterocycles. The molecule has 0 radical (unpaired) electrons. The zero-order valence-corrected chi connectivity index (χ0v) is 37.7. The summed E-state index contributed by atoms with van der Waals surface area (Å²) in [6, 6.07) is 89.9. The van der Waals surface area contributed by atoms with E-state index in [1.165, 1.54) is 70.2 Å². The van der Waals surface area contributed by atoms with E-state index in [0.717, 1.165) is 33.4 Å². The van der Waals surface area contributed by atoms with E-state index in [0.29, 0.717) is 17.5 Å². The first-order valence-electron chi connectivity index (χ1n) is 23.1. The van der Waals surface area contributed by atoms with Crippen LogP contribution < -0.4 is 0 Å². The molecule has 0 unspecified atom stereocenters. The average molecular weight is 884 g/mol.